The average molecular weight is 321 g/mol. The molecular weight excluding hydrogens is 310 g/mol. The number of amides is 1. The summed E-state index contributed by atoms with van der Waals surface area (Å²) in [4.78, 5) is 33.3. The van der Waals surface area contributed by atoms with E-state index in [2.05, 4.69) is 25.5 Å². The lowest BCUT2D eigenvalue weighted by molar-refractivity contribution is 0.101. The van der Waals surface area contributed by atoms with E-state index in [4.69, 9.17) is 0 Å². The molecule has 4 aromatic heterocycles. The number of aromatic amines is 1. The van der Waals surface area contributed by atoms with E-state index in [-0.39, 0.29) is 11.3 Å². The highest BCUT2D eigenvalue weighted by molar-refractivity contribution is 6.03. The quantitative estimate of drug-likeness (QED) is 0.581. The summed E-state index contributed by atoms with van der Waals surface area (Å²) in [6.45, 7) is 0. The fraction of sp³-hybridized carbons (Fsp3) is 0. The van der Waals surface area contributed by atoms with Crippen molar-refractivity contribution in [1.82, 2.24) is 29.4 Å². The van der Waals surface area contributed by atoms with Gasteiger partial charge in [0.2, 0.25) is 0 Å². The van der Waals surface area contributed by atoms with Crippen LogP contribution in [0, 0.1) is 0 Å². The first-order chi connectivity index (χ1) is 11.7. The maximum Gasteiger partial charge on any atom is 0.275 e. The molecule has 118 valence electrons. The summed E-state index contributed by atoms with van der Waals surface area (Å²) in [6, 6.07) is 9.69. The maximum absolute atomic E-state index is 12.6. The number of H-pyrrole nitrogens is 1. The van der Waals surface area contributed by atoms with E-state index < -0.39 is 5.91 Å². The van der Waals surface area contributed by atoms with Gasteiger partial charge in [0.05, 0.1) is 6.20 Å². The molecule has 4 heterocycles. The minimum atomic E-state index is -0.421. The molecule has 0 aliphatic carbocycles. The Bertz CT molecular complexity index is 1060. The molecule has 0 atom stereocenters. The molecule has 0 fully saturated rings. The first kappa shape index (κ1) is 13.9. The molecule has 24 heavy (non-hydrogen) atoms. The fourth-order valence-corrected chi connectivity index (χ4v) is 2.38. The smallest absolute Gasteiger partial charge is 0.275 e. The Kier molecular flexibility index (Phi) is 3.16. The SMILES string of the molecule is O=C(Nc1ccn[nH]1)c1cc2nccc(=O)n2n1-c1ccccn1. The number of rotatable bonds is 3. The zero-order valence-electron chi connectivity index (χ0n) is 12.2. The molecule has 0 unspecified atom stereocenters. The maximum atomic E-state index is 12.6. The van der Waals surface area contributed by atoms with Gasteiger partial charge in [0.15, 0.2) is 11.5 Å². The first-order valence-corrected chi connectivity index (χ1v) is 7.06. The third-order valence-corrected chi connectivity index (χ3v) is 3.39. The zero-order valence-corrected chi connectivity index (χ0v) is 12.2. The Balaban J connectivity index is 1.93. The molecule has 9 heteroatoms. The largest absolute Gasteiger partial charge is 0.306 e. The van der Waals surface area contributed by atoms with Gasteiger partial charge in [0, 0.05) is 30.6 Å². The Morgan fingerprint density at radius 2 is 2.00 bits per heavy atom. The van der Waals surface area contributed by atoms with Crippen LogP contribution in [-0.2, 0) is 0 Å². The van der Waals surface area contributed by atoms with Crippen LogP contribution in [0.1, 0.15) is 10.5 Å². The Morgan fingerprint density at radius 1 is 1.08 bits per heavy atom. The summed E-state index contributed by atoms with van der Waals surface area (Å²) < 4.78 is 2.72. The van der Waals surface area contributed by atoms with Crippen molar-refractivity contribution in [3.8, 4) is 5.82 Å². The Labute approximate surface area is 134 Å². The van der Waals surface area contributed by atoms with Crippen LogP contribution in [0.2, 0.25) is 0 Å². The number of carbonyl (C=O) groups is 1. The third kappa shape index (κ3) is 2.24. The molecule has 0 aliphatic rings. The highest BCUT2D eigenvalue weighted by atomic mass is 16.2. The number of nitrogens with one attached hydrogen (secondary N) is 2. The second-order valence-electron chi connectivity index (χ2n) is 4.91. The van der Waals surface area contributed by atoms with Gasteiger partial charge in [-0.25, -0.2) is 14.6 Å². The molecule has 0 radical (unpaired) electrons. The average Bonchev–Trinajstić information content (AvgIpc) is 3.23. The molecule has 0 bridgehead atoms. The van der Waals surface area contributed by atoms with E-state index in [0.29, 0.717) is 17.3 Å². The van der Waals surface area contributed by atoms with Crippen molar-refractivity contribution in [3.05, 3.63) is 71.0 Å². The van der Waals surface area contributed by atoms with Crippen LogP contribution in [0.3, 0.4) is 0 Å². The number of fused-ring (bicyclic) bond motifs is 1. The van der Waals surface area contributed by atoms with Gasteiger partial charge in [0.25, 0.3) is 11.5 Å². The predicted octanol–water partition coefficient (Wildman–Crippen LogP) is 0.856. The van der Waals surface area contributed by atoms with E-state index in [1.807, 2.05) is 0 Å². The van der Waals surface area contributed by atoms with Crippen LogP contribution in [0.15, 0.2) is 59.8 Å². The van der Waals surface area contributed by atoms with Gasteiger partial charge in [-0.3, -0.25) is 14.7 Å². The lowest BCUT2D eigenvalue weighted by atomic mass is 10.3. The van der Waals surface area contributed by atoms with Crippen molar-refractivity contribution in [3.63, 3.8) is 0 Å². The molecule has 1 amide bonds. The number of nitrogens with zero attached hydrogens (tertiary/aromatic N) is 5. The fourth-order valence-electron chi connectivity index (χ4n) is 2.38. The van der Waals surface area contributed by atoms with E-state index in [0.717, 1.165) is 0 Å². The molecule has 2 N–H and O–H groups in total. The minimum absolute atomic E-state index is 0.221. The van der Waals surface area contributed by atoms with Crippen molar-refractivity contribution in [1.29, 1.82) is 0 Å². The molecule has 4 aromatic rings. The van der Waals surface area contributed by atoms with Gasteiger partial charge in [-0.2, -0.15) is 9.61 Å². The van der Waals surface area contributed by atoms with Crippen molar-refractivity contribution in [2.24, 2.45) is 0 Å². The topological polar surface area (TPSA) is 110 Å². The second kappa shape index (κ2) is 5.47. The molecule has 0 aliphatic heterocycles. The Hall–Kier alpha value is -3.75. The standard InChI is InChI=1S/C15H11N7O2/c23-14-5-7-17-13-9-10(15(24)19-11-4-8-18-20-11)21(22(13)14)12-3-1-2-6-16-12/h1-9H,(H2,18,19,20,24). The lowest BCUT2D eigenvalue weighted by Crippen LogP contribution is -2.24. The van der Waals surface area contributed by atoms with Crippen LogP contribution in [0.25, 0.3) is 11.5 Å². The third-order valence-electron chi connectivity index (χ3n) is 3.39. The molecule has 0 saturated heterocycles. The highest BCUT2D eigenvalue weighted by Crippen LogP contribution is 2.14. The molecule has 0 saturated carbocycles. The molecule has 0 aromatic carbocycles. The van der Waals surface area contributed by atoms with E-state index in [1.54, 1.807) is 30.5 Å². The van der Waals surface area contributed by atoms with Crippen molar-refractivity contribution in [2.75, 3.05) is 5.32 Å². The molecule has 4 rings (SSSR count). The van der Waals surface area contributed by atoms with Gasteiger partial charge in [0.1, 0.15) is 11.5 Å². The number of aromatic nitrogens is 6. The van der Waals surface area contributed by atoms with Gasteiger partial charge < -0.3 is 5.32 Å². The van der Waals surface area contributed by atoms with E-state index in [9.17, 15) is 9.59 Å². The lowest BCUT2D eigenvalue weighted by Gasteiger charge is -2.09. The molecule has 9 nitrogen and oxygen atoms in total. The minimum Gasteiger partial charge on any atom is -0.306 e. The van der Waals surface area contributed by atoms with Crippen LogP contribution < -0.4 is 10.9 Å². The summed E-state index contributed by atoms with van der Waals surface area (Å²) >= 11 is 0. The van der Waals surface area contributed by atoms with Crippen molar-refractivity contribution in [2.45, 2.75) is 0 Å². The Morgan fingerprint density at radius 3 is 2.75 bits per heavy atom. The number of hydrogen-bond acceptors (Lipinski definition) is 5. The van der Waals surface area contributed by atoms with Crippen LogP contribution in [0.4, 0.5) is 5.82 Å². The zero-order chi connectivity index (χ0) is 16.5. The normalized spacial score (nSPS) is 10.8. The van der Waals surface area contributed by atoms with Crippen molar-refractivity contribution >= 4 is 17.4 Å². The van der Waals surface area contributed by atoms with Gasteiger partial charge in [-0.15, -0.1) is 0 Å². The van der Waals surface area contributed by atoms with Gasteiger partial charge in [-0.05, 0) is 12.1 Å². The summed E-state index contributed by atoms with van der Waals surface area (Å²) in [5, 5.41) is 9.11. The summed E-state index contributed by atoms with van der Waals surface area (Å²) in [6.07, 6.45) is 4.51. The van der Waals surface area contributed by atoms with Crippen LogP contribution in [0.5, 0.6) is 0 Å². The molecule has 0 spiro atoms. The number of pyridine rings is 1. The molecular formula is C15H11N7O2. The first-order valence-electron chi connectivity index (χ1n) is 7.06. The van der Waals surface area contributed by atoms with E-state index >= 15 is 0 Å². The number of anilines is 1. The number of hydrogen-bond donors (Lipinski definition) is 2. The predicted molar refractivity (Wildman–Crippen MR) is 85.1 cm³/mol. The highest BCUT2D eigenvalue weighted by Gasteiger charge is 2.19. The summed E-state index contributed by atoms with van der Waals surface area (Å²) in [7, 11) is 0. The van der Waals surface area contributed by atoms with Gasteiger partial charge in [-0.1, -0.05) is 6.07 Å². The summed E-state index contributed by atoms with van der Waals surface area (Å²) in [5.74, 6) is 0.449. The van der Waals surface area contributed by atoms with Crippen molar-refractivity contribution < 1.29 is 4.79 Å². The summed E-state index contributed by atoms with van der Waals surface area (Å²) in [5.41, 5.74) is 0.258. The monoisotopic (exact) mass is 321 g/mol. The van der Waals surface area contributed by atoms with Crippen LogP contribution in [-0.4, -0.2) is 35.3 Å². The number of carbonyl (C=O) groups excluding carboxylic acids is 1. The van der Waals surface area contributed by atoms with E-state index in [1.165, 1.54) is 33.7 Å². The second-order valence-corrected chi connectivity index (χ2v) is 4.91. The van der Waals surface area contributed by atoms with Gasteiger partial charge >= 0.3 is 0 Å². The van der Waals surface area contributed by atoms with Crippen LogP contribution >= 0.6 is 0 Å².